The predicted octanol–water partition coefficient (Wildman–Crippen LogP) is 2.82. The number of amides is 1. The van der Waals surface area contributed by atoms with Crippen LogP contribution in [-0.4, -0.2) is 56.5 Å². The van der Waals surface area contributed by atoms with Crippen LogP contribution in [-0.2, 0) is 11.8 Å². The quantitative estimate of drug-likeness (QED) is 0.524. The van der Waals surface area contributed by atoms with Crippen LogP contribution in [0.1, 0.15) is 27.1 Å². The zero-order valence-electron chi connectivity index (χ0n) is 25.1. The number of aryl methyl sites for hydroxylation is 1. The largest absolute Gasteiger partial charge is 0.378 e. The fourth-order valence-corrected chi connectivity index (χ4v) is 3.19. The number of morpholine rings is 1. The molecule has 1 aliphatic rings. The SMILES string of the molecule is [2H]C1([2H])OC([2H])([2H])C([2H])([2H])N(c2cc(C(=O)Nc3cc4cc(-c5cnc(C)n5C)cnc4cn3)ccn2)C1([2H])[2H]. The van der Waals surface area contributed by atoms with E-state index in [0.29, 0.717) is 10.9 Å². The van der Waals surface area contributed by atoms with Gasteiger partial charge in [-0.25, -0.2) is 15.0 Å². The summed E-state index contributed by atoms with van der Waals surface area (Å²) in [6, 6.07) is 5.83. The van der Waals surface area contributed by atoms with Gasteiger partial charge < -0.3 is 19.5 Å². The predicted molar refractivity (Wildman–Crippen MR) is 122 cm³/mol. The number of anilines is 2. The second-order valence-corrected chi connectivity index (χ2v) is 6.96. The molecule has 5 rings (SSSR count). The van der Waals surface area contributed by atoms with E-state index in [4.69, 9.17) is 11.0 Å². The summed E-state index contributed by atoms with van der Waals surface area (Å²) >= 11 is 0. The van der Waals surface area contributed by atoms with Gasteiger partial charge in [0, 0.05) is 48.9 Å². The second-order valence-electron chi connectivity index (χ2n) is 6.96. The molecule has 0 aromatic carbocycles. The molecule has 1 amide bonds. The molecular formula is C23H23N7O2. The molecule has 1 fully saturated rings. The van der Waals surface area contributed by atoms with E-state index >= 15 is 0 Å². The number of imidazole rings is 1. The Morgan fingerprint density at radius 1 is 1.09 bits per heavy atom. The van der Waals surface area contributed by atoms with Gasteiger partial charge in [-0.1, -0.05) is 0 Å². The first-order valence-electron chi connectivity index (χ1n) is 13.6. The van der Waals surface area contributed by atoms with Gasteiger partial charge in [0.25, 0.3) is 5.91 Å². The summed E-state index contributed by atoms with van der Waals surface area (Å²) < 4.78 is 70.8. The maximum absolute atomic E-state index is 13.1. The fourth-order valence-electron chi connectivity index (χ4n) is 3.19. The minimum absolute atomic E-state index is 0.0802. The summed E-state index contributed by atoms with van der Waals surface area (Å²) in [5.41, 5.74) is 2.18. The molecule has 4 aromatic heterocycles. The number of carbonyl (C=O) groups is 1. The van der Waals surface area contributed by atoms with E-state index in [0.717, 1.165) is 29.3 Å². The molecule has 162 valence electrons. The van der Waals surface area contributed by atoms with Crippen molar-refractivity contribution in [1.82, 2.24) is 24.5 Å². The van der Waals surface area contributed by atoms with Crippen molar-refractivity contribution in [2.75, 3.05) is 36.3 Å². The molecule has 1 N–H and O–H groups in total. The van der Waals surface area contributed by atoms with Crippen LogP contribution < -0.4 is 10.2 Å². The van der Waals surface area contributed by atoms with E-state index in [1.54, 1.807) is 18.5 Å². The highest BCUT2D eigenvalue weighted by Crippen LogP contribution is 2.24. The monoisotopic (exact) mass is 437 g/mol. The molecule has 0 unspecified atom stereocenters. The van der Waals surface area contributed by atoms with Gasteiger partial charge in [-0.15, -0.1) is 0 Å². The zero-order valence-corrected chi connectivity index (χ0v) is 17.1. The van der Waals surface area contributed by atoms with Gasteiger partial charge >= 0.3 is 0 Å². The fraction of sp³-hybridized carbons (Fsp3) is 0.261. The van der Waals surface area contributed by atoms with Crippen LogP contribution in [0.15, 0.2) is 49.1 Å². The number of rotatable bonds is 4. The van der Waals surface area contributed by atoms with Gasteiger partial charge in [-0.3, -0.25) is 9.78 Å². The Hall–Kier alpha value is -3.85. The summed E-state index contributed by atoms with van der Waals surface area (Å²) in [6.07, 6.45) is 6.03. The van der Waals surface area contributed by atoms with Crippen molar-refractivity contribution in [2.24, 2.45) is 7.05 Å². The molecule has 9 nitrogen and oxygen atoms in total. The Bertz CT molecular complexity index is 1620. The Labute approximate surface area is 196 Å². The Morgan fingerprint density at radius 3 is 2.72 bits per heavy atom. The first-order chi connectivity index (χ1) is 18.5. The van der Waals surface area contributed by atoms with Gasteiger partial charge in [0.1, 0.15) is 17.5 Å². The molecule has 0 radical (unpaired) electrons. The van der Waals surface area contributed by atoms with E-state index < -0.39 is 37.8 Å². The van der Waals surface area contributed by atoms with Crippen molar-refractivity contribution in [3.05, 3.63) is 60.4 Å². The van der Waals surface area contributed by atoms with Crippen molar-refractivity contribution in [2.45, 2.75) is 6.92 Å². The van der Waals surface area contributed by atoms with Crippen LogP contribution in [0.25, 0.3) is 22.2 Å². The average Bonchev–Trinajstić information content (AvgIpc) is 3.20. The van der Waals surface area contributed by atoms with Crippen LogP contribution >= 0.6 is 0 Å². The maximum Gasteiger partial charge on any atom is 0.257 e. The normalized spacial score (nSPS) is 24.0. The Morgan fingerprint density at radius 2 is 1.94 bits per heavy atom. The van der Waals surface area contributed by atoms with Crippen LogP contribution in [0.4, 0.5) is 11.6 Å². The first-order valence-corrected chi connectivity index (χ1v) is 9.57. The number of nitrogens with zero attached hydrogens (tertiary/aromatic N) is 6. The highest BCUT2D eigenvalue weighted by molar-refractivity contribution is 6.04. The topological polar surface area (TPSA) is 98.1 Å². The molecule has 1 saturated heterocycles. The van der Waals surface area contributed by atoms with Crippen molar-refractivity contribution < 1.29 is 20.5 Å². The number of fused-ring (bicyclic) bond motifs is 1. The lowest BCUT2D eigenvalue weighted by Crippen LogP contribution is -2.36. The average molecular weight is 438 g/mol. The number of hydrogen-bond acceptors (Lipinski definition) is 7. The summed E-state index contributed by atoms with van der Waals surface area (Å²) in [6.45, 7) is -11.0. The Balaban J connectivity index is 1.46. The van der Waals surface area contributed by atoms with Gasteiger partial charge in [0.05, 0.1) is 47.7 Å². The van der Waals surface area contributed by atoms with Crippen molar-refractivity contribution in [3.63, 3.8) is 0 Å². The molecule has 32 heavy (non-hydrogen) atoms. The summed E-state index contributed by atoms with van der Waals surface area (Å²) in [7, 11) is 1.89. The second kappa shape index (κ2) is 8.35. The highest BCUT2D eigenvalue weighted by atomic mass is 16.5. The molecular weight excluding hydrogens is 406 g/mol. The van der Waals surface area contributed by atoms with E-state index in [2.05, 4.69) is 30.0 Å². The van der Waals surface area contributed by atoms with Crippen LogP contribution in [0, 0.1) is 6.92 Å². The van der Waals surface area contributed by atoms with Crippen molar-refractivity contribution >= 4 is 28.4 Å². The van der Waals surface area contributed by atoms with E-state index in [-0.39, 0.29) is 16.3 Å². The smallest absolute Gasteiger partial charge is 0.257 e. The van der Waals surface area contributed by atoms with Gasteiger partial charge in [-0.2, -0.15) is 0 Å². The molecule has 0 spiro atoms. The Kier molecular flexibility index (Phi) is 3.36. The molecule has 4 aromatic rings. The van der Waals surface area contributed by atoms with Crippen molar-refractivity contribution in [1.29, 1.82) is 0 Å². The molecule has 0 atom stereocenters. The third kappa shape index (κ3) is 3.90. The van der Waals surface area contributed by atoms with Gasteiger partial charge in [-0.05, 0) is 31.2 Å². The number of pyridine rings is 3. The summed E-state index contributed by atoms with van der Waals surface area (Å²) in [5.74, 6) is -0.187. The zero-order chi connectivity index (χ0) is 29.3. The third-order valence-corrected chi connectivity index (χ3v) is 4.98. The summed E-state index contributed by atoms with van der Waals surface area (Å²) in [5, 5.41) is 3.32. The third-order valence-electron chi connectivity index (χ3n) is 4.98. The molecule has 0 aliphatic carbocycles. The summed E-state index contributed by atoms with van der Waals surface area (Å²) in [4.78, 5) is 30.2. The molecule has 9 heteroatoms. The number of nitrogens with one attached hydrogen (secondary N) is 1. The highest BCUT2D eigenvalue weighted by Gasteiger charge is 2.15. The van der Waals surface area contributed by atoms with Crippen molar-refractivity contribution in [3.8, 4) is 11.3 Å². The van der Waals surface area contributed by atoms with E-state index in [9.17, 15) is 4.79 Å². The van der Waals surface area contributed by atoms with Crippen LogP contribution in [0.3, 0.4) is 0 Å². The van der Waals surface area contributed by atoms with Gasteiger partial charge in [0.15, 0.2) is 0 Å². The maximum atomic E-state index is 13.1. The number of aromatic nitrogens is 5. The van der Waals surface area contributed by atoms with Crippen LogP contribution in [0.5, 0.6) is 0 Å². The standard InChI is InChI=1S/C23H23N7O2/c1-15-25-14-20(29(15)2)18-9-17-10-21(27-13-19(17)26-12-18)28-23(31)16-3-4-24-22(11-16)30-5-7-32-8-6-30/h3-4,9-14H,5-8H2,1-2H3,(H,27,28,31)/i5D2,6D2,7D2,8D2. The van der Waals surface area contributed by atoms with E-state index in [1.165, 1.54) is 12.3 Å². The lowest BCUT2D eigenvalue weighted by atomic mass is 10.1. The van der Waals surface area contributed by atoms with Crippen LogP contribution in [0.2, 0.25) is 0 Å². The van der Waals surface area contributed by atoms with Gasteiger partial charge in [0.2, 0.25) is 0 Å². The minimum atomic E-state index is -3.25. The van der Waals surface area contributed by atoms with E-state index in [1.807, 2.05) is 24.6 Å². The first kappa shape index (κ1) is 12.9. The molecule has 0 bridgehead atoms. The number of carbonyl (C=O) groups excluding carboxylic acids is 1. The number of ether oxygens (including phenoxy) is 1. The lowest BCUT2D eigenvalue weighted by molar-refractivity contribution is 0.102. The minimum Gasteiger partial charge on any atom is -0.378 e. The molecule has 1 aliphatic heterocycles. The molecule has 5 heterocycles. The number of hydrogen-bond donors (Lipinski definition) is 1. The molecule has 0 saturated carbocycles. The lowest BCUT2D eigenvalue weighted by Gasteiger charge is -2.27.